The lowest BCUT2D eigenvalue weighted by atomic mass is 9.88. The first-order valence-corrected chi connectivity index (χ1v) is 10.9. The van der Waals surface area contributed by atoms with Gasteiger partial charge >= 0.3 is 0 Å². The lowest BCUT2D eigenvalue weighted by Crippen LogP contribution is -2.38. The van der Waals surface area contributed by atoms with Crippen LogP contribution in [0.2, 0.25) is 0 Å². The van der Waals surface area contributed by atoms with Crippen LogP contribution in [0, 0.1) is 11.3 Å². The molecule has 1 aliphatic heterocycles. The topological polar surface area (TPSA) is 75.4 Å². The van der Waals surface area contributed by atoms with Gasteiger partial charge in [0, 0.05) is 56.9 Å². The Labute approximate surface area is 178 Å². The molecule has 0 radical (unpaired) electrons. The van der Waals surface area contributed by atoms with E-state index in [9.17, 15) is 4.79 Å². The molecule has 0 spiro atoms. The highest BCUT2D eigenvalue weighted by molar-refractivity contribution is 6.13. The summed E-state index contributed by atoms with van der Waals surface area (Å²) in [4.78, 5) is 18.1. The molecular formula is C23H32N6O. The number of nitrogens with zero attached hydrogens (tertiary/aromatic N) is 5. The Bertz CT molecular complexity index is 994. The molecule has 2 aromatic rings. The van der Waals surface area contributed by atoms with Crippen molar-refractivity contribution in [3.8, 4) is 0 Å². The van der Waals surface area contributed by atoms with Crippen LogP contribution in [-0.4, -0.2) is 51.4 Å². The van der Waals surface area contributed by atoms with Gasteiger partial charge in [0.2, 0.25) is 5.91 Å². The number of amides is 1. The van der Waals surface area contributed by atoms with Crippen molar-refractivity contribution in [2.24, 2.45) is 16.4 Å². The molecule has 2 aromatic heterocycles. The van der Waals surface area contributed by atoms with Crippen LogP contribution in [0.5, 0.6) is 0 Å². The van der Waals surface area contributed by atoms with Crippen molar-refractivity contribution in [2.75, 3.05) is 20.1 Å². The summed E-state index contributed by atoms with van der Waals surface area (Å²) in [7, 11) is 1.84. The van der Waals surface area contributed by atoms with Crippen LogP contribution in [0.1, 0.15) is 52.0 Å². The van der Waals surface area contributed by atoms with Crippen LogP contribution < -0.4 is 5.43 Å². The van der Waals surface area contributed by atoms with E-state index in [2.05, 4.69) is 52.8 Å². The fourth-order valence-electron chi connectivity index (χ4n) is 4.56. The lowest BCUT2D eigenvalue weighted by Gasteiger charge is -2.31. The molecule has 30 heavy (non-hydrogen) atoms. The van der Waals surface area contributed by atoms with E-state index in [4.69, 9.17) is 0 Å². The second kappa shape index (κ2) is 8.20. The third-order valence-corrected chi connectivity index (χ3v) is 6.28. The maximum atomic E-state index is 11.5. The summed E-state index contributed by atoms with van der Waals surface area (Å²) in [5.41, 5.74) is 7.29. The van der Waals surface area contributed by atoms with Crippen LogP contribution in [0.15, 0.2) is 35.2 Å². The van der Waals surface area contributed by atoms with Gasteiger partial charge in [0.05, 0.1) is 5.71 Å². The first kappa shape index (κ1) is 20.6. The number of pyridine rings is 1. The number of carbonyl (C=O) groups is 1. The number of hydrazone groups is 1. The molecular weight excluding hydrogens is 376 g/mol. The number of hydrogen-bond donors (Lipinski definition) is 1. The second-order valence-corrected chi connectivity index (χ2v) is 9.40. The summed E-state index contributed by atoms with van der Waals surface area (Å²) in [6.45, 7) is 8.79. The maximum absolute atomic E-state index is 11.5. The van der Waals surface area contributed by atoms with E-state index in [1.165, 1.54) is 5.57 Å². The molecule has 0 unspecified atom stereocenters. The summed E-state index contributed by atoms with van der Waals surface area (Å²) in [6.07, 6.45) is 10.4. The number of rotatable bonds is 5. The molecule has 0 atom stereocenters. The van der Waals surface area contributed by atoms with E-state index in [1.54, 1.807) is 6.92 Å². The van der Waals surface area contributed by atoms with Crippen molar-refractivity contribution in [1.82, 2.24) is 25.1 Å². The molecule has 1 aliphatic carbocycles. The van der Waals surface area contributed by atoms with E-state index < -0.39 is 0 Å². The standard InChI is InChI=1S/C23H32N6O/c1-16(30)28-9-6-17(7-10-28)14-29-15-20-11-19(13-25-22(20)27-29)21(26-24-4)18-5-8-23(2,3)12-18/h5,11,13,15,17,24H,6-10,12,14H2,1-4H3/b26-21+. The fourth-order valence-corrected chi connectivity index (χ4v) is 4.56. The van der Waals surface area contributed by atoms with Crippen molar-refractivity contribution in [2.45, 2.75) is 53.0 Å². The Morgan fingerprint density at radius 3 is 2.73 bits per heavy atom. The van der Waals surface area contributed by atoms with Crippen molar-refractivity contribution in [3.05, 3.63) is 35.7 Å². The molecule has 0 saturated carbocycles. The van der Waals surface area contributed by atoms with Gasteiger partial charge in [-0.3, -0.25) is 9.48 Å². The molecule has 3 heterocycles. The predicted molar refractivity (Wildman–Crippen MR) is 119 cm³/mol. The molecule has 1 saturated heterocycles. The Morgan fingerprint density at radius 2 is 2.10 bits per heavy atom. The first-order chi connectivity index (χ1) is 14.3. The molecule has 7 nitrogen and oxygen atoms in total. The van der Waals surface area contributed by atoms with Gasteiger partial charge < -0.3 is 10.3 Å². The van der Waals surface area contributed by atoms with Crippen molar-refractivity contribution in [1.29, 1.82) is 0 Å². The minimum absolute atomic E-state index is 0.176. The Hall–Kier alpha value is -2.70. The van der Waals surface area contributed by atoms with E-state index in [-0.39, 0.29) is 11.3 Å². The molecule has 2 aliphatic rings. The normalized spacial score (nSPS) is 19.9. The zero-order valence-corrected chi connectivity index (χ0v) is 18.5. The van der Waals surface area contributed by atoms with E-state index in [0.717, 1.165) is 67.6 Å². The van der Waals surface area contributed by atoms with Crippen molar-refractivity contribution >= 4 is 22.7 Å². The van der Waals surface area contributed by atoms with E-state index >= 15 is 0 Å². The molecule has 0 bridgehead atoms. The highest BCUT2D eigenvalue weighted by Crippen LogP contribution is 2.38. The summed E-state index contributed by atoms with van der Waals surface area (Å²) < 4.78 is 2.02. The van der Waals surface area contributed by atoms with Gasteiger partial charge in [-0.25, -0.2) is 4.98 Å². The number of piperidine rings is 1. The number of aromatic nitrogens is 3. The number of fused-ring (bicyclic) bond motifs is 1. The minimum atomic E-state index is 0.176. The summed E-state index contributed by atoms with van der Waals surface area (Å²) in [5.74, 6) is 0.719. The smallest absolute Gasteiger partial charge is 0.219 e. The SMILES string of the molecule is CN/N=C(\C1=CCC(C)(C)C1)c1cnc2nn(CC3CCN(C(C)=O)CC3)cc2c1. The predicted octanol–water partition coefficient (Wildman–Crippen LogP) is 3.36. The molecule has 1 N–H and O–H groups in total. The van der Waals surface area contributed by atoms with Gasteiger partial charge in [0.1, 0.15) is 0 Å². The van der Waals surface area contributed by atoms with E-state index in [1.807, 2.05) is 22.8 Å². The Morgan fingerprint density at radius 1 is 1.33 bits per heavy atom. The molecule has 1 amide bonds. The van der Waals surface area contributed by atoms with Gasteiger partial charge in [0.15, 0.2) is 5.65 Å². The number of carbonyl (C=O) groups excluding carboxylic acids is 1. The quantitative estimate of drug-likeness (QED) is 0.608. The number of hydrogen-bond acceptors (Lipinski definition) is 5. The van der Waals surface area contributed by atoms with E-state index in [0.29, 0.717) is 5.92 Å². The van der Waals surface area contributed by atoms with Gasteiger partial charge in [-0.2, -0.15) is 10.2 Å². The van der Waals surface area contributed by atoms with Gasteiger partial charge in [0.25, 0.3) is 0 Å². The maximum Gasteiger partial charge on any atom is 0.219 e. The highest BCUT2D eigenvalue weighted by Gasteiger charge is 2.28. The molecule has 160 valence electrons. The van der Waals surface area contributed by atoms with Crippen LogP contribution in [0.4, 0.5) is 0 Å². The first-order valence-electron chi connectivity index (χ1n) is 10.9. The summed E-state index contributed by atoms with van der Waals surface area (Å²) in [5, 5.41) is 10.3. The van der Waals surface area contributed by atoms with Crippen molar-refractivity contribution in [3.63, 3.8) is 0 Å². The van der Waals surface area contributed by atoms with Crippen LogP contribution in [-0.2, 0) is 11.3 Å². The zero-order valence-electron chi connectivity index (χ0n) is 18.5. The zero-order chi connectivity index (χ0) is 21.3. The van der Waals surface area contributed by atoms with Crippen LogP contribution >= 0.6 is 0 Å². The number of allylic oxidation sites excluding steroid dienone is 2. The van der Waals surface area contributed by atoms with Gasteiger partial charge in [-0.05, 0) is 48.7 Å². The van der Waals surface area contributed by atoms with Gasteiger partial charge in [-0.1, -0.05) is 19.9 Å². The Balaban J connectivity index is 1.51. The fraction of sp³-hybridized carbons (Fsp3) is 0.565. The Kier molecular flexibility index (Phi) is 5.62. The van der Waals surface area contributed by atoms with Crippen LogP contribution in [0.25, 0.3) is 11.0 Å². The second-order valence-electron chi connectivity index (χ2n) is 9.40. The third kappa shape index (κ3) is 4.40. The van der Waals surface area contributed by atoms with Gasteiger partial charge in [-0.15, -0.1) is 0 Å². The molecule has 7 heteroatoms. The van der Waals surface area contributed by atoms with Crippen molar-refractivity contribution < 1.29 is 4.79 Å². The summed E-state index contributed by atoms with van der Waals surface area (Å²) in [6, 6.07) is 2.15. The summed E-state index contributed by atoms with van der Waals surface area (Å²) >= 11 is 0. The monoisotopic (exact) mass is 408 g/mol. The number of nitrogens with one attached hydrogen (secondary N) is 1. The average molecular weight is 409 g/mol. The average Bonchev–Trinajstić information content (AvgIpc) is 3.27. The molecule has 1 fully saturated rings. The minimum Gasteiger partial charge on any atom is -0.343 e. The highest BCUT2D eigenvalue weighted by atomic mass is 16.2. The molecule has 0 aromatic carbocycles. The lowest BCUT2D eigenvalue weighted by molar-refractivity contribution is -0.130. The number of likely N-dealkylation sites (tertiary alicyclic amines) is 1. The molecule has 4 rings (SSSR count). The third-order valence-electron chi connectivity index (χ3n) is 6.28. The van der Waals surface area contributed by atoms with Crippen LogP contribution in [0.3, 0.4) is 0 Å². The largest absolute Gasteiger partial charge is 0.343 e.